The molecule has 0 aliphatic rings. The molecule has 0 radical (unpaired) electrons. The van der Waals surface area contributed by atoms with Crippen molar-refractivity contribution < 1.29 is 4.74 Å². The molecule has 1 N–H and O–H groups in total. The van der Waals surface area contributed by atoms with Gasteiger partial charge in [-0.1, -0.05) is 35.4 Å². The van der Waals surface area contributed by atoms with Gasteiger partial charge in [-0.3, -0.25) is 0 Å². The van der Waals surface area contributed by atoms with Crippen molar-refractivity contribution in [1.29, 1.82) is 0 Å². The van der Waals surface area contributed by atoms with Crippen LogP contribution in [-0.4, -0.2) is 12.1 Å². The number of anilines is 1. The largest absolute Gasteiger partial charge is 0.462 e. The minimum atomic E-state index is 0.0622. The average molecular weight is 282 g/mol. The molecule has 0 aliphatic carbocycles. The van der Waals surface area contributed by atoms with Crippen LogP contribution in [0.4, 0.5) is 11.4 Å². The summed E-state index contributed by atoms with van der Waals surface area (Å²) in [4.78, 5) is 4.54. The van der Waals surface area contributed by atoms with Gasteiger partial charge in [-0.2, -0.15) is 4.99 Å². The molecule has 0 aromatic heterocycles. The smallest absolute Gasteiger partial charge is 0.294 e. The van der Waals surface area contributed by atoms with Gasteiger partial charge in [0, 0.05) is 5.69 Å². The fraction of sp³-hybridized carbons (Fsp3) is 0.278. The Labute approximate surface area is 126 Å². The minimum Gasteiger partial charge on any atom is -0.462 e. The predicted molar refractivity (Wildman–Crippen MR) is 89.3 cm³/mol. The van der Waals surface area contributed by atoms with Crippen molar-refractivity contribution in [1.82, 2.24) is 0 Å². The van der Waals surface area contributed by atoms with E-state index in [1.54, 1.807) is 0 Å². The summed E-state index contributed by atoms with van der Waals surface area (Å²) < 4.78 is 5.76. The topological polar surface area (TPSA) is 33.6 Å². The van der Waals surface area contributed by atoms with E-state index in [1.165, 1.54) is 11.1 Å². The van der Waals surface area contributed by atoms with Crippen molar-refractivity contribution in [2.45, 2.75) is 33.8 Å². The van der Waals surface area contributed by atoms with Gasteiger partial charge < -0.3 is 10.1 Å². The Morgan fingerprint density at radius 3 is 1.95 bits per heavy atom. The summed E-state index contributed by atoms with van der Waals surface area (Å²) in [6.45, 7) is 8.10. The van der Waals surface area contributed by atoms with Crippen molar-refractivity contribution >= 4 is 17.4 Å². The third kappa shape index (κ3) is 4.95. The first-order valence-corrected chi connectivity index (χ1v) is 7.18. The molecule has 0 saturated heterocycles. The summed E-state index contributed by atoms with van der Waals surface area (Å²) in [5.41, 5.74) is 4.28. The second-order valence-corrected chi connectivity index (χ2v) is 5.41. The lowest BCUT2D eigenvalue weighted by Gasteiger charge is -2.14. The summed E-state index contributed by atoms with van der Waals surface area (Å²) >= 11 is 0. The maximum Gasteiger partial charge on any atom is 0.294 e. The lowest BCUT2D eigenvalue weighted by molar-refractivity contribution is 0.228. The Kier molecular flexibility index (Phi) is 4.99. The number of hydrogen-bond donors (Lipinski definition) is 1. The molecular weight excluding hydrogens is 260 g/mol. The second-order valence-electron chi connectivity index (χ2n) is 5.41. The molecule has 0 amide bonds. The van der Waals surface area contributed by atoms with Crippen LogP contribution in [-0.2, 0) is 4.74 Å². The first-order valence-electron chi connectivity index (χ1n) is 7.18. The van der Waals surface area contributed by atoms with Crippen molar-refractivity contribution in [2.24, 2.45) is 4.99 Å². The van der Waals surface area contributed by atoms with E-state index in [1.807, 2.05) is 50.2 Å². The first-order chi connectivity index (χ1) is 10.0. The SMILES string of the molecule is Cc1ccc(N=C(Nc2ccc(C)cc2)OC(C)C)cc1. The molecule has 0 spiro atoms. The predicted octanol–water partition coefficient (Wildman–Crippen LogP) is 4.83. The van der Waals surface area contributed by atoms with Crippen LogP contribution in [0.2, 0.25) is 0 Å². The molecule has 3 heteroatoms. The fourth-order valence-electron chi connectivity index (χ4n) is 1.80. The molecule has 21 heavy (non-hydrogen) atoms. The summed E-state index contributed by atoms with van der Waals surface area (Å²) in [5, 5.41) is 3.23. The molecule has 3 nitrogen and oxygen atoms in total. The highest BCUT2D eigenvalue weighted by Crippen LogP contribution is 2.15. The van der Waals surface area contributed by atoms with Crippen LogP contribution in [0.15, 0.2) is 53.5 Å². The van der Waals surface area contributed by atoms with Crippen LogP contribution < -0.4 is 5.32 Å². The zero-order valence-electron chi connectivity index (χ0n) is 13.1. The molecule has 2 aromatic rings. The number of nitrogens with zero attached hydrogens (tertiary/aromatic N) is 1. The number of aryl methyl sites for hydroxylation is 2. The molecule has 0 heterocycles. The van der Waals surface area contributed by atoms with E-state index < -0.39 is 0 Å². The summed E-state index contributed by atoms with van der Waals surface area (Å²) in [6.07, 6.45) is 0.0622. The van der Waals surface area contributed by atoms with Gasteiger partial charge in [0.1, 0.15) is 0 Å². The van der Waals surface area contributed by atoms with E-state index >= 15 is 0 Å². The van der Waals surface area contributed by atoms with Gasteiger partial charge in [-0.15, -0.1) is 0 Å². The molecule has 2 rings (SSSR count). The molecule has 0 atom stereocenters. The van der Waals surface area contributed by atoms with Crippen molar-refractivity contribution in [3.05, 3.63) is 59.7 Å². The highest BCUT2D eigenvalue weighted by atomic mass is 16.5. The van der Waals surface area contributed by atoms with Gasteiger partial charge in [0.25, 0.3) is 6.02 Å². The van der Waals surface area contributed by atoms with E-state index in [2.05, 4.69) is 36.3 Å². The Bertz CT molecular complexity index is 598. The number of ether oxygens (including phenoxy) is 1. The van der Waals surface area contributed by atoms with Crippen LogP contribution in [0.25, 0.3) is 0 Å². The van der Waals surface area contributed by atoms with Gasteiger partial charge >= 0.3 is 0 Å². The average Bonchev–Trinajstić information content (AvgIpc) is 2.43. The van der Waals surface area contributed by atoms with Crippen LogP contribution in [0.3, 0.4) is 0 Å². The standard InChI is InChI=1S/C18H22N2O/c1-13(2)21-18(19-16-9-5-14(3)6-10-16)20-17-11-7-15(4)8-12-17/h5-13H,1-4H3,(H,19,20). The van der Waals surface area contributed by atoms with Crippen molar-refractivity contribution in [3.63, 3.8) is 0 Å². The van der Waals surface area contributed by atoms with E-state index in [-0.39, 0.29) is 6.10 Å². The second kappa shape index (κ2) is 6.93. The van der Waals surface area contributed by atoms with Gasteiger partial charge in [0.15, 0.2) is 0 Å². The van der Waals surface area contributed by atoms with Crippen molar-refractivity contribution in [3.8, 4) is 0 Å². The highest BCUT2D eigenvalue weighted by Gasteiger charge is 2.05. The Morgan fingerprint density at radius 2 is 1.43 bits per heavy atom. The minimum absolute atomic E-state index is 0.0622. The highest BCUT2D eigenvalue weighted by molar-refractivity contribution is 5.91. The Hall–Kier alpha value is -2.29. The Balaban J connectivity index is 2.21. The zero-order chi connectivity index (χ0) is 15.2. The van der Waals surface area contributed by atoms with Gasteiger partial charge in [-0.05, 0) is 52.0 Å². The lowest BCUT2D eigenvalue weighted by atomic mass is 10.2. The van der Waals surface area contributed by atoms with Gasteiger partial charge in [0.2, 0.25) is 0 Å². The molecule has 0 aliphatic heterocycles. The quantitative estimate of drug-likeness (QED) is 0.646. The number of nitrogens with one attached hydrogen (secondary N) is 1. The van der Waals surface area contributed by atoms with Crippen molar-refractivity contribution in [2.75, 3.05) is 5.32 Å². The molecule has 0 saturated carbocycles. The molecule has 0 fully saturated rings. The number of rotatable bonds is 3. The first kappa shape index (κ1) is 15.1. The monoisotopic (exact) mass is 282 g/mol. The molecule has 0 bridgehead atoms. The third-order valence-corrected chi connectivity index (χ3v) is 2.91. The van der Waals surface area contributed by atoms with E-state index in [0.717, 1.165) is 11.4 Å². The van der Waals surface area contributed by atoms with Crippen LogP contribution in [0, 0.1) is 13.8 Å². The van der Waals surface area contributed by atoms with Gasteiger partial charge in [-0.25, -0.2) is 0 Å². The number of hydrogen-bond acceptors (Lipinski definition) is 2. The maximum absolute atomic E-state index is 5.76. The normalized spacial score (nSPS) is 11.6. The fourth-order valence-corrected chi connectivity index (χ4v) is 1.80. The summed E-state index contributed by atoms with van der Waals surface area (Å²) in [7, 11) is 0. The number of aliphatic imine (C=N–C) groups is 1. The number of amidine groups is 1. The van der Waals surface area contributed by atoms with E-state index in [9.17, 15) is 0 Å². The maximum atomic E-state index is 5.76. The zero-order valence-corrected chi connectivity index (χ0v) is 13.1. The third-order valence-electron chi connectivity index (χ3n) is 2.91. The van der Waals surface area contributed by atoms with E-state index in [0.29, 0.717) is 6.02 Å². The molecule has 110 valence electrons. The van der Waals surface area contributed by atoms with E-state index in [4.69, 9.17) is 4.74 Å². The molecular formula is C18H22N2O. The van der Waals surface area contributed by atoms with Crippen LogP contribution in [0.5, 0.6) is 0 Å². The molecule has 2 aromatic carbocycles. The van der Waals surface area contributed by atoms with Crippen LogP contribution >= 0.6 is 0 Å². The summed E-state index contributed by atoms with van der Waals surface area (Å²) in [6, 6.07) is 16.7. The number of benzene rings is 2. The molecule has 0 unspecified atom stereocenters. The lowest BCUT2D eigenvalue weighted by Crippen LogP contribution is -2.20. The Morgan fingerprint density at radius 1 is 0.905 bits per heavy atom. The summed E-state index contributed by atoms with van der Waals surface area (Å²) in [5.74, 6) is 0. The van der Waals surface area contributed by atoms with Gasteiger partial charge in [0.05, 0.1) is 11.8 Å². The van der Waals surface area contributed by atoms with Crippen LogP contribution in [0.1, 0.15) is 25.0 Å².